The topological polar surface area (TPSA) is 59.8 Å². The van der Waals surface area contributed by atoms with E-state index in [1.807, 2.05) is 25.1 Å². The van der Waals surface area contributed by atoms with Crippen LogP contribution in [0.5, 0.6) is 0 Å². The monoisotopic (exact) mass is 356 g/mol. The van der Waals surface area contributed by atoms with Gasteiger partial charge in [0.05, 0.1) is 5.25 Å². The summed E-state index contributed by atoms with van der Waals surface area (Å²) in [5.74, 6) is 1.80. The fourth-order valence-corrected chi connectivity index (χ4v) is 3.95. The van der Waals surface area contributed by atoms with Crippen molar-refractivity contribution >= 4 is 17.7 Å². The first-order chi connectivity index (χ1) is 12.2. The molecule has 5 nitrogen and oxygen atoms in total. The molecule has 1 amide bonds. The summed E-state index contributed by atoms with van der Waals surface area (Å²) in [6.45, 7) is 2.61. The maximum atomic E-state index is 12.4. The Morgan fingerprint density at radius 2 is 2.00 bits per heavy atom. The van der Waals surface area contributed by atoms with E-state index in [2.05, 4.69) is 32.2 Å². The van der Waals surface area contributed by atoms with Gasteiger partial charge in [-0.25, -0.2) is 0 Å². The first kappa shape index (κ1) is 16.6. The van der Waals surface area contributed by atoms with Gasteiger partial charge in [-0.3, -0.25) is 4.79 Å². The molecule has 4 rings (SSSR count). The van der Waals surface area contributed by atoms with E-state index in [1.54, 1.807) is 0 Å². The molecule has 0 saturated heterocycles. The van der Waals surface area contributed by atoms with Crippen molar-refractivity contribution in [2.24, 2.45) is 0 Å². The average Bonchev–Trinajstić information content (AvgIpc) is 3.55. The molecule has 0 radical (unpaired) electrons. The number of nitrogens with zero attached hydrogens (tertiary/aromatic N) is 3. The molecule has 1 aromatic carbocycles. The molecule has 2 aliphatic carbocycles. The lowest BCUT2D eigenvalue weighted by Crippen LogP contribution is -2.32. The van der Waals surface area contributed by atoms with Gasteiger partial charge in [0.1, 0.15) is 5.82 Å². The molecule has 2 saturated carbocycles. The summed E-state index contributed by atoms with van der Waals surface area (Å²) in [4.78, 5) is 12.4. The van der Waals surface area contributed by atoms with Gasteiger partial charge in [0.15, 0.2) is 5.16 Å². The number of hydrogen-bond donors (Lipinski definition) is 1. The quantitative estimate of drug-likeness (QED) is 0.737. The minimum atomic E-state index is -0.162. The number of amides is 1. The molecule has 0 spiro atoms. The Bertz CT molecular complexity index is 737. The molecule has 1 N–H and O–H groups in total. The van der Waals surface area contributed by atoms with E-state index in [4.69, 9.17) is 0 Å². The Labute approximate surface area is 152 Å². The second-order valence-electron chi connectivity index (χ2n) is 7.00. The third-order valence-corrected chi connectivity index (χ3v) is 5.81. The highest BCUT2D eigenvalue weighted by Crippen LogP contribution is 2.46. The molecule has 1 heterocycles. The third kappa shape index (κ3) is 4.06. The highest BCUT2D eigenvalue weighted by molar-refractivity contribution is 8.00. The molecule has 0 bridgehead atoms. The van der Waals surface area contributed by atoms with Crippen LogP contribution in [0.25, 0.3) is 0 Å². The molecule has 2 fully saturated rings. The van der Waals surface area contributed by atoms with E-state index in [0.29, 0.717) is 18.5 Å². The van der Waals surface area contributed by atoms with Crippen LogP contribution >= 0.6 is 11.8 Å². The molecule has 132 valence electrons. The highest BCUT2D eigenvalue weighted by atomic mass is 32.2. The van der Waals surface area contributed by atoms with Crippen LogP contribution in [0.4, 0.5) is 0 Å². The van der Waals surface area contributed by atoms with Crippen molar-refractivity contribution < 1.29 is 4.79 Å². The SMILES string of the molecule is C[C@@H](Sc1nnc(C2CC2)n1C1CC1)C(=O)NCCc1ccccc1. The number of carbonyl (C=O) groups excluding carboxylic acids is 1. The van der Waals surface area contributed by atoms with Crippen molar-refractivity contribution in [3.8, 4) is 0 Å². The van der Waals surface area contributed by atoms with E-state index >= 15 is 0 Å². The first-order valence-corrected chi connectivity index (χ1v) is 10.0. The Hall–Kier alpha value is -1.82. The van der Waals surface area contributed by atoms with Crippen LogP contribution in [0.1, 0.15) is 56.0 Å². The van der Waals surface area contributed by atoms with Crippen molar-refractivity contribution in [2.75, 3.05) is 6.54 Å². The first-order valence-electron chi connectivity index (χ1n) is 9.15. The zero-order valence-corrected chi connectivity index (χ0v) is 15.3. The molecular formula is C19H24N4OS. The van der Waals surface area contributed by atoms with E-state index in [1.165, 1.54) is 43.0 Å². The van der Waals surface area contributed by atoms with Crippen LogP contribution in [0.2, 0.25) is 0 Å². The van der Waals surface area contributed by atoms with E-state index in [0.717, 1.165) is 17.4 Å². The summed E-state index contributed by atoms with van der Waals surface area (Å²) < 4.78 is 2.30. The summed E-state index contributed by atoms with van der Waals surface area (Å²) >= 11 is 1.54. The number of carbonyl (C=O) groups is 1. The van der Waals surface area contributed by atoms with Crippen molar-refractivity contribution in [2.45, 2.75) is 61.4 Å². The smallest absolute Gasteiger partial charge is 0.233 e. The maximum absolute atomic E-state index is 12.4. The second-order valence-corrected chi connectivity index (χ2v) is 8.31. The van der Waals surface area contributed by atoms with Crippen molar-refractivity contribution in [3.63, 3.8) is 0 Å². The van der Waals surface area contributed by atoms with Gasteiger partial charge >= 0.3 is 0 Å². The zero-order valence-electron chi connectivity index (χ0n) is 14.5. The Balaban J connectivity index is 1.32. The molecule has 2 aliphatic rings. The minimum absolute atomic E-state index is 0.0688. The molecule has 25 heavy (non-hydrogen) atoms. The van der Waals surface area contributed by atoms with E-state index in [-0.39, 0.29) is 11.2 Å². The molecule has 1 aromatic heterocycles. The maximum Gasteiger partial charge on any atom is 0.233 e. The summed E-state index contributed by atoms with van der Waals surface area (Å²) in [5, 5.41) is 12.6. The Morgan fingerprint density at radius 1 is 1.24 bits per heavy atom. The molecule has 6 heteroatoms. The molecule has 2 aromatic rings. The Kier molecular flexibility index (Phi) is 4.79. The fourth-order valence-electron chi connectivity index (χ4n) is 2.99. The van der Waals surface area contributed by atoms with Gasteiger partial charge in [-0.1, -0.05) is 42.1 Å². The molecular weight excluding hydrogens is 332 g/mol. The van der Waals surface area contributed by atoms with Gasteiger partial charge in [0, 0.05) is 18.5 Å². The number of hydrogen-bond acceptors (Lipinski definition) is 4. The fraction of sp³-hybridized carbons (Fsp3) is 0.526. The zero-order chi connectivity index (χ0) is 17.2. The predicted octanol–water partition coefficient (Wildman–Crippen LogP) is 3.33. The lowest BCUT2D eigenvalue weighted by molar-refractivity contribution is -0.120. The summed E-state index contributed by atoms with van der Waals surface area (Å²) in [6.07, 6.45) is 5.73. The number of thioether (sulfide) groups is 1. The van der Waals surface area contributed by atoms with Gasteiger partial charge in [0.25, 0.3) is 0 Å². The van der Waals surface area contributed by atoms with Crippen molar-refractivity contribution in [1.29, 1.82) is 0 Å². The average molecular weight is 356 g/mol. The number of benzene rings is 1. The van der Waals surface area contributed by atoms with Crippen molar-refractivity contribution in [1.82, 2.24) is 20.1 Å². The Morgan fingerprint density at radius 3 is 2.68 bits per heavy atom. The van der Waals surface area contributed by atoms with Crippen LogP contribution in [0, 0.1) is 0 Å². The summed E-state index contributed by atoms with van der Waals surface area (Å²) in [7, 11) is 0. The normalized spacial score (nSPS) is 18.1. The lowest BCUT2D eigenvalue weighted by Gasteiger charge is -2.13. The van der Waals surface area contributed by atoms with Crippen LogP contribution in [0.3, 0.4) is 0 Å². The molecule has 0 aliphatic heterocycles. The van der Waals surface area contributed by atoms with Gasteiger partial charge in [-0.15, -0.1) is 10.2 Å². The van der Waals surface area contributed by atoms with Crippen LogP contribution in [0.15, 0.2) is 35.5 Å². The number of aromatic nitrogens is 3. The molecule has 1 atom stereocenters. The highest BCUT2D eigenvalue weighted by Gasteiger charge is 2.37. The van der Waals surface area contributed by atoms with E-state index in [9.17, 15) is 4.79 Å². The number of nitrogens with one attached hydrogen (secondary N) is 1. The second kappa shape index (κ2) is 7.20. The largest absolute Gasteiger partial charge is 0.355 e. The number of rotatable bonds is 8. The summed E-state index contributed by atoms with van der Waals surface area (Å²) in [6, 6.07) is 10.8. The van der Waals surface area contributed by atoms with Gasteiger partial charge < -0.3 is 9.88 Å². The van der Waals surface area contributed by atoms with Crippen LogP contribution in [-0.2, 0) is 11.2 Å². The minimum Gasteiger partial charge on any atom is -0.355 e. The predicted molar refractivity (Wildman–Crippen MR) is 98.7 cm³/mol. The van der Waals surface area contributed by atoms with Crippen LogP contribution < -0.4 is 5.32 Å². The standard InChI is InChI=1S/C19H24N4OS/c1-13(18(24)20-12-11-14-5-3-2-4-6-14)25-19-22-21-17(15-7-8-15)23(19)16-9-10-16/h2-6,13,15-16H,7-12H2,1H3,(H,20,24)/t13-/m1/s1. The third-order valence-electron chi connectivity index (χ3n) is 4.75. The van der Waals surface area contributed by atoms with Crippen LogP contribution in [-0.4, -0.2) is 32.5 Å². The van der Waals surface area contributed by atoms with Gasteiger partial charge in [-0.2, -0.15) is 0 Å². The van der Waals surface area contributed by atoms with Crippen molar-refractivity contribution in [3.05, 3.63) is 41.7 Å². The van der Waals surface area contributed by atoms with E-state index < -0.39 is 0 Å². The van der Waals surface area contributed by atoms with Gasteiger partial charge in [-0.05, 0) is 44.6 Å². The van der Waals surface area contributed by atoms with Gasteiger partial charge in [0.2, 0.25) is 5.91 Å². The lowest BCUT2D eigenvalue weighted by atomic mass is 10.1. The molecule has 0 unspecified atom stereocenters. The summed E-state index contributed by atoms with van der Waals surface area (Å²) in [5.41, 5.74) is 1.24.